The number of aromatic amines is 2. The summed E-state index contributed by atoms with van der Waals surface area (Å²) in [6, 6.07) is 11.4. The molecule has 29 heavy (non-hydrogen) atoms. The molecule has 7 heteroatoms. The molecule has 0 aliphatic carbocycles. The minimum Gasteiger partial charge on any atom is -0.354 e. The number of nitrogens with one attached hydrogen (secondary N) is 3. The van der Waals surface area contributed by atoms with Crippen LogP contribution in [0.5, 0.6) is 0 Å². The number of carbonyl (C=O) groups excluding carboxylic acids is 1. The van der Waals surface area contributed by atoms with Gasteiger partial charge in [0.15, 0.2) is 0 Å². The first-order valence-corrected chi connectivity index (χ1v) is 9.75. The number of benzene rings is 1. The van der Waals surface area contributed by atoms with Gasteiger partial charge in [0.2, 0.25) is 5.91 Å². The van der Waals surface area contributed by atoms with Crippen molar-refractivity contribution in [3.8, 4) is 16.9 Å². The molecule has 0 saturated carbocycles. The van der Waals surface area contributed by atoms with Gasteiger partial charge in [-0.1, -0.05) is 25.5 Å². The van der Waals surface area contributed by atoms with E-state index in [1.54, 1.807) is 18.6 Å². The van der Waals surface area contributed by atoms with Crippen LogP contribution in [-0.4, -0.2) is 25.7 Å². The predicted octanol–water partition coefficient (Wildman–Crippen LogP) is 3.52. The number of hydrogen-bond donors (Lipinski definition) is 3. The molecule has 1 amide bonds. The van der Waals surface area contributed by atoms with Crippen LogP contribution in [0, 0.1) is 0 Å². The summed E-state index contributed by atoms with van der Waals surface area (Å²) in [5.74, 6) is 0.0462. The van der Waals surface area contributed by atoms with Crippen molar-refractivity contribution in [3.05, 3.63) is 70.9 Å². The van der Waals surface area contributed by atoms with Crippen LogP contribution >= 0.6 is 0 Å². The first kappa shape index (κ1) is 18.7. The number of carbonyl (C=O) groups is 1. The number of pyridine rings is 1. The number of fused-ring (bicyclic) bond motifs is 1. The van der Waals surface area contributed by atoms with Gasteiger partial charge in [0, 0.05) is 42.5 Å². The molecule has 0 fully saturated rings. The van der Waals surface area contributed by atoms with Gasteiger partial charge in [-0.15, -0.1) is 0 Å². The van der Waals surface area contributed by atoms with Crippen LogP contribution in [0.1, 0.15) is 31.7 Å². The third kappa shape index (κ3) is 3.99. The van der Waals surface area contributed by atoms with E-state index in [9.17, 15) is 9.59 Å². The summed E-state index contributed by atoms with van der Waals surface area (Å²) in [5, 5.41) is 6.91. The summed E-state index contributed by atoms with van der Waals surface area (Å²) in [4.78, 5) is 32.2. The van der Waals surface area contributed by atoms with Crippen LogP contribution in [0.4, 0.5) is 0 Å². The lowest BCUT2D eigenvalue weighted by molar-refractivity contribution is -0.121. The Bertz CT molecular complexity index is 1170. The monoisotopic (exact) mass is 389 g/mol. The highest BCUT2D eigenvalue weighted by atomic mass is 16.1. The maximum atomic E-state index is 13.0. The molecule has 0 aliphatic rings. The number of hydrogen-bond acceptors (Lipinski definition) is 3. The molecule has 0 unspecified atom stereocenters. The molecular formula is C22H23N5O2. The highest BCUT2D eigenvalue weighted by Crippen LogP contribution is 2.21. The molecule has 3 aromatic heterocycles. The summed E-state index contributed by atoms with van der Waals surface area (Å²) in [7, 11) is 0. The summed E-state index contributed by atoms with van der Waals surface area (Å²) in [5.41, 5.74) is 3.75. The van der Waals surface area contributed by atoms with Crippen LogP contribution in [-0.2, 0) is 11.3 Å². The highest BCUT2D eigenvalue weighted by Gasteiger charge is 2.13. The smallest absolute Gasteiger partial charge is 0.280 e. The van der Waals surface area contributed by atoms with Crippen LogP contribution in [0.2, 0.25) is 0 Å². The van der Waals surface area contributed by atoms with E-state index in [0.717, 1.165) is 40.7 Å². The molecule has 0 bridgehead atoms. The van der Waals surface area contributed by atoms with Crippen LogP contribution in [0.15, 0.2) is 59.8 Å². The first-order chi connectivity index (χ1) is 14.2. The maximum Gasteiger partial charge on any atom is 0.280 e. The van der Waals surface area contributed by atoms with E-state index in [1.807, 2.05) is 36.4 Å². The minimum absolute atomic E-state index is 0.0462. The van der Waals surface area contributed by atoms with Gasteiger partial charge in [-0.05, 0) is 36.2 Å². The number of nitrogens with zero attached hydrogens (tertiary/aromatic N) is 2. The number of H-pyrrole nitrogens is 2. The quantitative estimate of drug-likeness (QED) is 0.451. The van der Waals surface area contributed by atoms with Crippen molar-refractivity contribution in [3.63, 3.8) is 0 Å². The van der Waals surface area contributed by atoms with E-state index in [0.29, 0.717) is 18.5 Å². The van der Waals surface area contributed by atoms with Crippen molar-refractivity contribution in [1.82, 2.24) is 25.1 Å². The summed E-state index contributed by atoms with van der Waals surface area (Å²) in [6.45, 7) is 2.50. The number of unbranched alkanes of at least 4 members (excludes halogenated alkanes) is 1. The topological polar surface area (TPSA) is 95.6 Å². The summed E-state index contributed by atoms with van der Waals surface area (Å²) in [6.07, 6.45) is 7.59. The number of amides is 1. The average Bonchev–Trinajstić information content (AvgIpc) is 3.34. The van der Waals surface area contributed by atoms with Gasteiger partial charge in [0.25, 0.3) is 5.56 Å². The molecule has 0 spiro atoms. The second-order valence-corrected chi connectivity index (χ2v) is 7.02. The van der Waals surface area contributed by atoms with E-state index in [4.69, 9.17) is 0 Å². The van der Waals surface area contributed by atoms with Crippen LogP contribution < -0.4 is 10.9 Å². The van der Waals surface area contributed by atoms with Crippen molar-refractivity contribution in [2.45, 2.75) is 32.7 Å². The van der Waals surface area contributed by atoms with Crippen molar-refractivity contribution in [2.24, 2.45) is 0 Å². The molecule has 0 atom stereocenters. The molecule has 0 radical (unpaired) electrons. The molecule has 4 rings (SSSR count). The lowest BCUT2D eigenvalue weighted by Crippen LogP contribution is -2.22. The molecule has 7 nitrogen and oxygen atoms in total. The molecule has 148 valence electrons. The zero-order valence-corrected chi connectivity index (χ0v) is 16.2. The van der Waals surface area contributed by atoms with Crippen molar-refractivity contribution in [2.75, 3.05) is 0 Å². The first-order valence-electron chi connectivity index (χ1n) is 9.75. The SMILES string of the molecule is CCCCC(=O)NCc1cccc(-n2[nH]cc(-c3cc4cnccc4[nH]3)c2=O)c1. The molecule has 3 N–H and O–H groups in total. The Kier molecular flexibility index (Phi) is 5.29. The van der Waals surface area contributed by atoms with Crippen LogP contribution in [0.3, 0.4) is 0 Å². The largest absolute Gasteiger partial charge is 0.354 e. The number of rotatable bonds is 7. The maximum absolute atomic E-state index is 13.0. The van der Waals surface area contributed by atoms with Gasteiger partial charge in [-0.3, -0.25) is 19.7 Å². The second-order valence-electron chi connectivity index (χ2n) is 7.02. The van der Waals surface area contributed by atoms with E-state index in [1.165, 1.54) is 4.68 Å². The van der Waals surface area contributed by atoms with E-state index in [-0.39, 0.29) is 11.5 Å². The molecule has 4 aromatic rings. The fraction of sp³-hybridized carbons (Fsp3) is 0.227. The van der Waals surface area contributed by atoms with E-state index < -0.39 is 0 Å². The van der Waals surface area contributed by atoms with Gasteiger partial charge >= 0.3 is 0 Å². The van der Waals surface area contributed by atoms with Gasteiger partial charge in [0.1, 0.15) is 0 Å². The molecular weight excluding hydrogens is 366 g/mol. The lowest BCUT2D eigenvalue weighted by Gasteiger charge is -2.07. The van der Waals surface area contributed by atoms with E-state index in [2.05, 4.69) is 27.3 Å². The Morgan fingerprint density at radius 3 is 2.97 bits per heavy atom. The molecule has 0 saturated heterocycles. The fourth-order valence-corrected chi connectivity index (χ4v) is 3.30. The van der Waals surface area contributed by atoms with E-state index >= 15 is 0 Å². The normalized spacial score (nSPS) is 11.1. The van der Waals surface area contributed by atoms with Crippen molar-refractivity contribution >= 4 is 16.8 Å². The lowest BCUT2D eigenvalue weighted by atomic mass is 10.2. The Morgan fingerprint density at radius 2 is 2.14 bits per heavy atom. The van der Waals surface area contributed by atoms with Gasteiger partial charge < -0.3 is 10.3 Å². The zero-order chi connectivity index (χ0) is 20.2. The van der Waals surface area contributed by atoms with Crippen molar-refractivity contribution in [1.29, 1.82) is 0 Å². The molecule has 0 aliphatic heterocycles. The third-order valence-corrected chi connectivity index (χ3v) is 4.90. The molecule has 1 aromatic carbocycles. The number of aromatic nitrogens is 4. The Balaban J connectivity index is 1.56. The van der Waals surface area contributed by atoms with Gasteiger partial charge in [-0.25, -0.2) is 4.68 Å². The Labute approximate surface area is 167 Å². The summed E-state index contributed by atoms with van der Waals surface area (Å²) >= 11 is 0. The fourth-order valence-electron chi connectivity index (χ4n) is 3.30. The summed E-state index contributed by atoms with van der Waals surface area (Å²) < 4.78 is 1.50. The average molecular weight is 389 g/mol. The Hall–Kier alpha value is -3.61. The van der Waals surface area contributed by atoms with Gasteiger partial charge in [-0.2, -0.15) is 0 Å². The minimum atomic E-state index is -0.145. The predicted molar refractivity (Wildman–Crippen MR) is 113 cm³/mol. The highest BCUT2D eigenvalue weighted by molar-refractivity contribution is 5.84. The van der Waals surface area contributed by atoms with Crippen LogP contribution in [0.25, 0.3) is 27.8 Å². The third-order valence-electron chi connectivity index (χ3n) is 4.90. The standard InChI is InChI=1S/C22H23N5O2/c1-2-3-7-21(28)24-12-15-5-4-6-17(10-15)27-22(29)18(14-25-27)20-11-16-13-23-9-8-19(16)26-20/h4-6,8-11,13-14,25-26H,2-3,7,12H2,1H3,(H,24,28). The zero-order valence-electron chi connectivity index (χ0n) is 16.2. The Morgan fingerprint density at radius 1 is 1.24 bits per heavy atom. The second kappa shape index (κ2) is 8.18. The van der Waals surface area contributed by atoms with Gasteiger partial charge in [0.05, 0.1) is 16.9 Å². The van der Waals surface area contributed by atoms with Crippen molar-refractivity contribution < 1.29 is 4.79 Å². The molecule has 3 heterocycles.